The zero-order chi connectivity index (χ0) is 16.9. The molecule has 3 nitrogen and oxygen atoms in total. The zero-order valence-corrected chi connectivity index (χ0v) is 14.0. The van der Waals surface area contributed by atoms with E-state index in [9.17, 15) is 4.79 Å². The molecule has 0 aliphatic heterocycles. The predicted molar refractivity (Wildman–Crippen MR) is 97.3 cm³/mol. The van der Waals surface area contributed by atoms with Crippen molar-refractivity contribution >= 4 is 16.7 Å². The minimum atomic E-state index is -0.126. The maximum atomic E-state index is 12.5. The molecule has 0 heterocycles. The molecule has 0 bridgehead atoms. The summed E-state index contributed by atoms with van der Waals surface area (Å²) < 4.78 is 5.72. The molecule has 1 N–H and O–H groups in total. The number of amides is 1. The van der Waals surface area contributed by atoms with Gasteiger partial charge >= 0.3 is 0 Å². The molecule has 0 fully saturated rings. The van der Waals surface area contributed by atoms with E-state index < -0.39 is 0 Å². The summed E-state index contributed by atoms with van der Waals surface area (Å²) in [5, 5.41) is 5.35. The lowest BCUT2D eigenvalue weighted by Gasteiger charge is -2.14. The Morgan fingerprint density at radius 2 is 1.67 bits per heavy atom. The molecule has 0 aliphatic carbocycles. The molecular formula is C21H21NO2. The molecule has 3 heteroatoms. The fraction of sp³-hybridized carbons (Fsp3) is 0.190. The number of carbonyl (C=O) groups is 1. The summed E-state index contributed by atoms with van der Waals surface area (Å²) in [5.41, 5.74) is 1.64. The molecule has 0 saturated carbocycles. The Labute approximate surface area is 142 Å². The number of rotatable bonds is 5. The summed E-state index contributed by atoms with van der Waals surface area (Å²) in [6.07, 6.45) is 0.0273. The summed E-state index contributed by atoms with van der Waals surface area (Å²) >= 11 is 0. The molecule has 0 radical (unpaired) electrons. The molecule has 0 aliphatic rings. The Kier molecular flexibility index (Phi) is 4.80. The quantitative estimate of drug-likeness (QED) is 0.749. The van der Waals surface area contributed by atoms with Gasteiger partial charge in [-0.1, -0.05) is 48.5 Å². The highest BCUT2D eigenvalue weighted by Gasteiger charge is 2.12. The van der Waals surface area contributed by atoms with E-state index in [-0.39, 0.29) is 12.0 Å². The minimum absolute atomic E-state index is 0.0273. The third-order valence-electron chi connectivity index (χ3n) is 3.76. The van der Waals surface area contributed by atoms with Gasteiger partial charge in [-0.25, -0.2) is 0 Å². The SMILES string of the molecule is CC(C)Oc1ccccc1C(=O)NCc1ccc2ccccc2c1. The molecule has 0 atom stereocenters. The van der Waals surface area contributed by atoms with E-state index in [1.54, 1.807) is 6.07 Å². The van der Waals surface area contributed by atoms with Crippen LogP contribution < -0.4 is 10.1 Å². The van der Waals surface area contributed by atoms with Crippen molar-refractivity contribution in [1.82, 2.24) is 5.32 Å². The van der Waals surface area contributed by atoms with E-state index in [0.717, 1.165) is 5.56 Å². The van der Waals surface area contributed by atoms with E-state index in [0.29, 0.717) is 17.9 Å². The van der Waals surface area contributed by atoms with Crippen molar-refractivity contribution in [2.45, 2.75) is 26.5 Å². The van der Waals surface area contributed by atoms with Crippen molar-refractivity contribution in [3.8, 4) is 5.75 Å². The first-order valence-electron chi connectivity index (χ1n) is 8.15. The Balaban J connectivity index is 1.73. The van der Waals surface area contributed by atoms with Crippen molar-refractivity contribution in [2.75, 3.05) is 0 Å². The second-order valence-corrected chi connectivity index (χ2v) is 6.03. The monoisotopic (exact) mass is 319 g/mol. The fourth-order valence-corrected chi connectivity index (χ4v) is 2.64. The van der Waals surface area contributed by atoms with Gasteiger partial charge in [0.15, 0.2) is 0 Å². The Morgan fingerprint density at radius 1 is 0.958 bits per heavy atom. The van der Waals surface area contributed by atoms with Gasteiger partial charge in [0.25, 0.3) is 5.91 Å². The Morgan fingerprint density at radius 3 is 2.46 bits per heavy atom. The van der Waals surface area contributed by atoms with Crippen LogP contribution >= 0.6 is 0 Å². The molecule has 24 heavy (non-hydrogen) atoms. The maximum Gasteiger partial charge on any atom is 0.255 e. The summed E-state index contributed by atoms with van der Waals surface area (Å²) in [5.74, 6) is 0.489. The topological polar surface area (TPSA) is 38.3 Å². The number of hydrogen-bond donors (Lipinski definition) is 1. The van der Waals surface area contributed by atoms with E-state index in [1.807, 2.05) is 50.2 Å². The van der Waals surface area contributed by atoms with E-state index in [1.165, 1.54) is 10.8 Å². The number of ether oxygens (including phenoxy) is 1. The lowest BCUT2D eigenvalue weighted by molar-refractivity contribution is 0.0945. The van der Waals surface area contributed by atoms with Gasteiger partial charge in [0, 0.05) is 6.54 Å². The highest BCUT2D eigenvalue weighted by atomic mass is 16.5. The summed E-state index contributed by atoms with van der Waals surface area (Å²) in [4.78, 5) is 12.5. The number of para-hydroxylation sites is 1. The maximum absolute atomic E-state index is 12.5. The molecule has 3 aromatic rings. The standard InChI is InChI=1S/C21H21NO2/c1-15(2)24-20-10-6-5-9-19(20)21(23)22-14-16-11-12-17-7-3-4-8-18(17)13-16/h3-13,15H,14H2,1-2H3,(H,22,23). The van der Waals surface area contributed by atoms with Gasteiger partial charge in [-0.15, -0.1) is 0 Å². The Bertz CT molecular complexity index is 855. The van der Waals surface area contributed by atoms with Gasteiger partial charge in [0.05, 0.1) is 11.7 Å². The number of nitrogens with one attached hydrogen (secondary N) is 1. The van der Waals surface area contributed by atoms with Crippen molar-refractivity contribution in [3.05, 3.63) is 77.9 Å². The van der Waals surface area contributed by atoms with Gasteiger partial charge in [-0.3, -0.25) is 4.79 Å². The van der Waals surface area contributed by atoms with Crippen molar-refractivity contribution in [1.29, 1.82) is 0 Å². The summed E-state index contributed by atoms with van der Waals surface area (Å²) in [6, 6.07) is 21.7. The van der Waals surface area contributed by atoms with Crippen LogP contribution in [-0.2, 0) is 6.54 Å². The smallest absolute Gasteiger partial charge is 0.255 e. The van der Waals surface area contributed by atoms with Gasteiger partial charge in [-0.2, -0.15) is 0 Å². The van der Waals surface area contributed by atoms with E-state index in [4.69, 9.17) is 4.74 Å². The second-order valence-electron chi connectivity index (χ2n) is 6.03. The molecule has 0 unspecified atom stereocenters. The first-order valence-corrected chi connectivity index (χ1v) is 8.15. The highest BCUT2D eigenvalue weighted by Crippen LogP contribution is 2.20. The summed E-state index contributed by atoms with van der Waals surface area (Å²) in [6.45, 7) is 4.38. The van der Waals surface area contributed by atoms with Crippen LogP contribution in [0.1, 0.15) is 29.8 Å². The van der Waals surface area contributed by atoms with Crippen LogP contribution in [0.15, 0.2) is 66.7 Å². The third-order valence-corrected chi connectivity index (χ3v) is 3.76. The van der Waals surface area contributed by atoms with Crippen LogP contribution in [0, 0.1) is 0 Å². The number of benzene rings is 3. The van der Waals surface area contributed by atoms with Crippen molar-refractivity contribution in [2.24, 2.45) is 0 Å². The van der Waals surface area contributed by atoms with Crippen LogP contribution in [0.5, 0.6) is 5.75 Å². The van der Waals surface area contributed by atoms with Crippen molar-refractivity contribution in [3.63, 3.8) is 0 Å². The first kappa shape index (κ1) is 16.1. The summed E-state index contributed by atoms with van der Waals surface area (Å²) in [7, 11) is 0. The number of carbonyl (C=O) groups excluding carboxylic acids is 1. The van der Waals surface area contributed by atoms with Gasteiger partial charge < -0.3 is 10.1 Å². The van der Waals surface area contributed by atoms with Crippen LogP contribution in [0.3, 0.4) is 0 Å². The molecule has 122 valence electrons. The van der Waals surface area contributed by atoms with Gasteiger partial charge in [0.2, 0.25) is 0 Å². The van der Waals surface area contributed by atoms with Gasteiger partial charge in [-0.05, 0) is 48.4 Å². The van der Waals surface area contributed by atoms with Crippen molar-refractivity contribution < 1.29 is 9.53 Å². The molecule has 3 aromatic carbocycles. The average Bonchev–Trinajstić information content (AvgIpc) is 2.59. The lowest BCUT2D eigenvalue weighted by atomic mass is 10.1. The van der Waals surface area contributed by atoms with Crippen LogP contribution in [0.25, 0.3) is 10.8 Å². The van der Waals surface area contributed by atoms with E-state index in [2.05, 4.69) is 29.6 Å². The van der Waals surface area contributed by atoms with Crippen LogP contribution in [-0.4, -0.2) is 12.0 Å². The number of fused-ring (bicyclic) bond motifs is 1. The highest BCUT2D eigenvalue weighted by molar-refractivity contribution is 5.97. The Hall–Kier alpha value is -2.81. The van der Waals surface area contributed by atoms with Gasteiger partial charge in [0.1, 0.15) is 5.75 Å². The van der Waals surface area contributed by atoms with Crippen LogP contribution in [0.2, 0.25) is 0 Å². The molecular weight excluding hydrogens is 298 g/mol. The normalized spacial score (nSPS) is 10.8. The molecule has 0 spiro atoms. The minimum Gasteiger partial charge on any atom is -0.490 e. The zero-order valence-electron chi connectivity index (χ0n) is 14.0. The first-order chi connectivity index (χ1) is 11.6. The third kappa shape index (κ3) is 3.74. The molecule has 1 amide bonds. The van der Waals surface area contributed by atoms with E-state index >= 15 is 0 Å². The number of hydrogen-bond acceptors (Lipinski definition) is 2. The fourth-order valence-electron chi connectivity index (χ4n) is 2.64. The lowest BCUT2D eigenvalue weighted by Crippen LogP contribution is -2.24. The second kappa shape index (κ2) is 7.18. The predicted octanol–water partition coefficient (Wildman–Crippen LogP) is 4.56. The average molecular weight is 319 g/mol. The molecule has 3 rings (SSSR count). The largest absolute Gasteiger partial charge is 0.490 e. The molecule has 0 saturated heterocycles. The van der Waals surface area contributed by atoms with Crippen LogP contribution in [0.4, 0.5) is 0 Å². The molecule has 0 aromatic heterocycles.